The smallest absolute Gasteiger partial charge is 0.0764 e. The van der Waals surface area contributed by atoms with Crippen LogP contribution >= 0.6 is 0 Å². The van der Waals surface area contributed by atoms with Crippen molar-refractivity contribution in [3.63, 3.8) is 0 Å². The predicted molar refractivity (Wildman–Crippen MR) is 88.4 cm³/mol. The summed E-state index contributed by atoms with van der Waals surface area (Å²) in [6.07, 6.45) is 5.78. The summed E-state index contributed by atoms with van der Waals surface area (Å²) in [6, 6.07) is 3.39. The fourth-order valence-electron chi connectivity index (χ4n) is 3.32. The van der Waals surface area contributed by atoms with Crippen LogP contribution in [0.2, 0.25) is 0 Å². The van der Waals surface area contributed by atoms with E-state index in [0.717, 1.165) is 25.4 Å². The molecule has 3 unspecified atom stereocenters. The van der Waals surface area contributed by atoms with E-state index in [9.17, 15) is 0 Å². The molecular formula is C17H32N4. The van der Waals surface area contributed by atoms with Gasteiger partial charge >= 0.3 is 0 Å². The standard InChI is InChI=1S/C17H32N4/c1-5-14(4)21-11-8-16(19-21)13-20-10-9-17(18-7-3)15(6-2)12-20/h8,11,14-15,17-18H,5-7,9-10,12-13H2,1-4H3. The summed E-state index contributed by atoms with van der Waals surface area (Å²) >= 11 is 0. The summed E-state index contributed by atoms with van der Waals surface area (Å²) in [7, 11) is 0. The topological polar surface area (TPSA) is 33.1 Å². The van der Waals surface area contributed by atoms with Crippen molar-refractivity contribution in [2.75, 3.05) is 19.6 Å². The summed E-state index contributed by atoms with van der Waals surface area (Å²) in [4.78, 5) is 2.57. The van der Waals surface area contributed by atoms with Gasteiger partial charge in [0.05, 0.1) is 5.69 Å². The minimum absolute atomic E-state index is 0.502. The quantitative estimate of drug-likeness (QED) is 0.838. The number of aromatic nitrogens is 2. The molecule has 0 bridgehead atoms. The lowest BCUT2D eigenvalue weighted by Crippen LogP contribution is -2.48. The van der Waals surface area contributed by atoms with Crippen LogP contribution in [0.15, 0.2) is 12.3 Å². The Kier molecular flexibility index (Phi) is 6.24. The van der Waals surface area contributed by atoms with Gasteiger partial charge in [-0.3, -0.25) is 9.58 Å². The van der Waals surface area contributed by atoms with Crippen molar-refractivity contribution in [2.24, 2.45) is 5.92 Å². The average molecular weight is 292 g/mol. The molecule has 0 radical (unpaired) electrons. The number of nitrogens with one attached hydrogen (secondary N) is 1. The van der Waals surface area contributed by atoms with E-state index in [1.807, 2.05) is 0 Å². The van der Waals surface area contributed by atoms with Gasteiger partial charge in [0, 0.05) is 37.9 Å². The highest BCUT2D eigenvalue weighted by Crippen LogP contribution is 2.21. The van der Waals surface area contributed by atoms with Gasteiger partial charge in [-0.2, -0.15) is 5.10 Å². The molecule has 4 nitrogen and oxygen atoms in total. The second-order valence-corrected chi connectivity index (χ2v) is 6.40. The van der Waals surface area contributed by atoms with Crippen molar-refractivity contribution in [3.05, 3.63) is 18.0 Å². The fourth-order valence-corrected chi connectivity index (χ4v) is 3.32. The van der Waals surface area contributed by atoms with Crippen LogP contribution in [-0.4, -0.2) is 40.4 Å². The Morgan fingerprint density at radius 2 is 2.19 bits per heavy atom. The summed E-state index contributed by atoms with van der Waals surface area (Å²) in [5, 5.41) is 8.39. The van der Waals surface area contributed by atoms with Crippen LogP contribution in [0.3, 0.4) is 0 Å². The Hall–Kier alpha value is -0.870. The molecule has 1 fully saturated rings. The minimum Gasteiger partial charge on any atom is -0.314 e. The van der Waals surface area contributed by atoms with Crippen molar-refractivity contribution in [1.82, 2.24) is 20.0 Å². The van der Waals surface area contributed by atoms with E-state index in [4.69, 9.17) is 5.10 Å². The maximum atomic E-state index is 4.74. The maximum absolute atomic E-state index is 4.74. The zero-order valence-electron chi connectivity index (χ0n) is 14.2. The number of piperidine rings is 1. The van der Waals surface area contributed by atoms with Gasteiger partial charge in [0.15, 0.2) is 0 Å². The third kappa shape index (κ3) is 4.30. The van der Waals surface area contributed by atoms with E-state index in [2.05, 4.69) is 54.9 Å². The molecule has 2 heterocycles. The Balaban J connectivity index is 1.90. The summed E-state index contributed by atoms with van der Waals surface area (Å²) in [6.45, 7) is 13.4. The molecule has 1 N–H and O–H groups in total. The fraction of sp³-hybridized carbons (Fsp3) is 0.824. The molecule has 1 aromatic heterocycles. The van der Waals surface area contributed by atoms with Crippen LogP contribution in [0.1, 0.15) is 58.7 Å². The van der Waals surface area contributed by atoms with Crippen LogP contribution in [0, 0.1) is 5.92 Å². The van der Waals surface area contributed by atoms with Gasteiger partial charge < -0.3 is 5.32 Å². The first kappa shape index (κ1) is 16.5. The lowest BCUT2D eigenvalue weighted by molar-refractivity contribution is 0.128. The SMILES string of the molecule is CCNC1CCN(Cc2ccn(C(C)CC)n2)CC1CC. The number of nitrogens with zero attached hydrogens (tertiary/aromatic N) is 3. The van der Waals surface area contributed by atoms with E-state index < -0.39 is 0 Å². The number of likely N-dealkylation sites (tertiary alicyclic amines) is 1. The first-order valence-electron chi connectivity index (χ1n) is 8.67. The number of hydrogen-bond donors (Lipinski definition) is 1. The molecule has 1 aliphatic heterocycles. The summed E-state index contributed by atoms with van der Waals surface area (Å²) < 4.78 is 2.11. The Morgan fingerprint density at radius 1 is 1.38 bits per heavy atom. The monoisotopic (exact) mass is 292 g/mol. The molecular weight excluding hydrogens is 260 g/mol. The Bertz CT molecular complexity index is 415. The number of rotatable bonds is 7. The first-order chi connectivity index (χ1) is 10.2. The normalized spacial score (nSPS) is 25.1. The molecule has 0 amide bonds. The third-order valence-electron chi connectivity index (χ3n) is 4.90. The van der Waals surface area contributed by atoms with Crippen LogP contribution in [0.25, 0.3) is 0 Å². The first-order valence-corrected chi connectivity index (χ1v) is 8.67. The van der Waals surface area contributed by atoms with Crippen molar-refractivity contribution < 1.29 is 0 Å². The van der Waals surface area contributed by atoms with Gasteiger partial charge in [0.2, 0.25) is 0 Å². The molecule has 4 heteroatoms. The van der Waals surface area contributed by atoms with E-state index in [-0.39, 0.29) is 0 Å². The lowest BCUT2D eigenvalue weighted by atomic mass is 9.90. The molecule has 120 valence electrons. The Labute approximate surface area is 129 Å². The van der Waals surface area contributed by atoms with Crippen LogP contribution in [0.4, 0.5) is 0 Å². The Morgan fingerprint density at radius 3 is 2.86 bits per heavy atom. The molecule has 3 atom stereocenters. The van der Waals surface area contributed by atoms with Gasteiger partial charge in [-0.05, 0) is 38.3 Å². The molecule has 2 rings (SSSR count). The second-order valence-electron chi connectivity index (χ2n) is 6.40. The van der Waals surface area contributed by atoms with Crippen LogP contribution in [0.5, 0.6) is 0 Å². The highest BCUT2D eigenvalue weighted by atomic mass is 15.3. The van der Waals surface area contributed by atoms with E-state index in [0.29, 0.717) is 12.1 Å². The molecule has 0 saturated carbocycles. The van der Waals surface area contributed by atoms with Gasteiger partial charge in [0.1, 0.15) is 0 Å². The van der Waals surface area contributed by atoms with Crippen molar-refractivity contribution in [3.8, 4) is 0 Å². The van der Waals surface area contributed by atoms with Crippen molar-refractivity contribution >= 4 is 0 Å². The minimum atomic E-state index is 0.502. The molecule has 21 heavy (non-hydrogen) atoms. The maximum Gasteiger partial charge on any atom is 0.0764 e. The van der Waals surface area contributed by atoms with E-state index in [1.165, 1.54) is 31.6 Å². The molecule has 1 saturated heterocycles. The largest absolute Gasteiger partial charge is 0.314 e. The van der Waals surface area contributed by atoms with Crippen molar-refractivity contribution in [2.45, 2.75) is 65.6 Å². The predicted octanol–water partition coefficient (Wildman–Crippen LogP) is 3.06. The van der Waals surface area contributed by atoms with Gasteiger partial charge in [0.25, 0.3) is 0 Å². The molecule has 0 aromatic carbocycles. The number of hydrogen-bond acceptors (Lipinski definition) is 3. The van der Waals surface area contributed by atoms with Crippen LogP contribution < -0.4 is 5.32 Å². The van der Waals surface area contributed by atoms with Gasteiger partial charge in [-0.15, -0.1) is 0 Å². The molecule has 0 spiro atoms. The highest BCUT2D eigenvalue weighted by Gasteiger charge is 2.27. The molecule has 1 aromatic rings. The third-order valence-corrected chi connectivity index (χ3v) is 4.90. The summed E-state index contributed by atoms with van der Waals surface area (Å²) in [5.41, 5.74) is 1.21. The average Bonchev–Trinajstić information content (AvgIpc) is 2.96. The lowest BCUT2D eigenvalue weighted by Gasteiger charge is -2.38. The molecule has 1 aliphatic rings. The van der Waals surface area contributed by atoms with E-state index >= 15 is 0 Å². The molecule has 0 aliphatic carbocycles. The van der Waals surface area contributed by atoms with Crippen LogP contribution in [-0.2, 0) is 6.54 Å². The van der Waals surface area contributed by atoms with Crippen molar-refractivity contribution in [1.29, 1.82) is 0 Å². The van der Waals surface area contributed by atoms with E-state index in [1.54, 1.807) is 0 Å². The second kappa shape index (κ2) is 7.95. The summed E-state index contributed by atoms with van der Waals surface area (Å²) in [5.74, 6) is 0.773. The highest BCUT2D eigenvalue weighted by molar-refractivity contribution is 5.00. The van der Waals surface area contributed by atoms with Gasteiger partial charge in [-0.1, -0.05) is 27.2 Å². The zero-order valence-corrected chi connectivity index (χ0v) is 14.2. The zero-order chi connectivity index (χ0) is 15.2. The van der Waals surface area contributed by atoms with Gasteiger partial charge in [-0.25, -0.2) is 0 Å².